The summed E-state index contributed by atoms with van der Waals surface area (Å²) in [5, 5.41) is 12.3. The van der Waals surface area contributed by atoms with Gasteiger partial charge in [0.25, 0.3) is 0 Å². The third kappa shape index (κ3) is 2.99. The molecular weight excluding hydrogens is 248 g/mol. The van der Waals surface area contributed by atoms with Gasteiger partial charge in [-0.15, -0.1) is 8.78 Å². The highest BCUT2D eigenvalue weighted by Gasteiger charge is 2.43. The smallest absolute Gasteiger partial charge is 0.395 e. The second-order valence-electron chi connectivity index (χ2n) is 3.82. The molecule has 0 aromatic heterocycles. The largest absolute Gasteiger partial charge is 0.586 e. The fourth-order valence-electron chi connectivity index (χ4n) is 1.55. The van der Waals surface area contributed by atoms with Crippen molar-refractivity contribution >= 4 is 5.69 Å². The Morgan fingerprint density at radius 1 is 1.39 bits per heavy atom. The number of aliphatic hydroxyl groups excluding tert-OH is 1. The summed E-state index contributed by atoms with van der Waals surface area (Å²) in [5.41, 5.74) is 0.546. The maximum absolute atomic E-state index is 12.8. The minimum absolute atomic E-state index is 0.0111. The fraction of sp³-hybridized carbons (Fsp3) is 0.455. The van der Waals surface area contributed by atoms with E-state index in [2.05, 4.69) is 14.8 Å². The second-order valence-corrected chi connectivity index (χ2v) is 3.82. The number of nitrogens with one attached hydrogen (secondary N) is 1. The van der Waals surface area contributed by atoms with Crippen molar-refractivity contribution in [3.8, 4) is 11.5 Å². The number of rotatable bonds is 5. The van der Waals surface area contributed by atoms with Gasteiger partial charge in [0.2, 0.25) is 0 Å². The quantitative estimate of drug-likeness (QED) is 0.839. The molecule has 0 fully saturated rings. The maximum Gasteiger partial charge on any atom is 0.586 e. The Balaban J connectivity index is 1.97. The van der Waals surface area contributed by atoms with Crippen molar-refractivity contribution in [2.45, 2.75) is 12.4 Å². The van der Waals surface area contributed by atoms with Crippen LogP contribution in [0.5, 0.6) is 11.5 Å². The molecule has 1 unspecified atom stereocenters. The Hall–Kier alpha value is -1.60. The molecule has 5 nitrogen and oxygen atoms in total. The maximum atomic E-state index is 12.8. The standard InChI is InChI=1S/C11H13F2NO4/c1-16-6-8(15)5-14-7-2-3-9-10(4-7)18-11(12,13)17-9/h2-4,8,14-15H,5-6H2,1H3. The summed E-state index contributed by atoms with van der Waals surface area (Å²) in [6.45, 7) is 0.430. The van der Waals surface area contributed by atoms with Crippen LogP contribution in [0.15, 0.2) is 18.2 Å². The first-order valence-electron chi connectivity index (χ1n) is 5.31. The average Bonchev–Trinajstić information content (AvgIpc) is 2.59. The Kier molecular flexibility index (Phi) is 3.53. The van der Waals surface area contributed by atoms with Crippen molar-refractivity contribution in [2.24, 2.45) is 0 Å². The van der Waals surface area contributed by atoms with Crippen molar-refractivity contribution in [3.63, 3.8) is 0 Å². The number of hydrogen-bond donors (Lipinski definition) is 2. The molecule has 1 heterocycles. The zero-order chi connectivity index (χ0) is 13.2. The number of benzene rings is 1. The van der Waals surface area contributed by atoms with Crippen molar-refractivity contribution in [1.82, 2.24) is 0 Å². The Morgan fingerprint density at radius 2 is 2.11 bits per heavy atom. The van der Waals surface area contributed by atoms with E-state index in [1.807, 2.05) is 0 Å². The van der Waals surface area contributed by atoms with E-state index in [-0.39, 0.29) is 24.7 Å². The summed E-state index contributed by atoms with van der Waals surface area (Å²) < 4.78 is 38.9. The van der Waals surface area contributed by atoms with Gasteiger partial charge in [0, 0.05) is 25.4 Å². The van der Waals surface area contributed by atoms with Crippen LogP contribution in [0.2, 0.25) is 0 Å². The van der Waals surface area contributed by atoms with E-state index < -0.39 is 12.4 Å². The number of ether oxygens (including phenoxy) is 3. The van der Waals surface area contributed by atoms with Crippen LogP contribution in [-0.4, -0.2) is 37.8 Å². The monoisotopic (exact) mass is 261 g/mol. The van der Waals surface area contributed by atoms with Crippen LogP contribution in [0, 0.1) is 0 Å². The number of hydrogen-bond acceptors (Lipinski definition) is 5. The van der Waals surface area contributed by atoms with Crippen LogP contribution in [0.4, 0.5) is 14.5 Å². The van der Waals surface area contributed by atoms with E-state index in [4.69, 9.17) is 4.74 Å². The molecule has 0 radical (unpaired) electrons. The molecule has 0 aliphatic carbocycles. The minimum atomic E-state index is -3.61. The fourth-order valence-corrected chi connectivity index (χ4v) is 1.55. The summed E-state index contributed by atoms with van der Waals surface area (Å²) in [4.78, 5) is 0. The number of methoxy groups -OCH3 is 1. The molecule has 1 atom stereocenters. The van der Waals surface area contributed by atoms with Crippen LogP contribution in [-0.2, 0) is 4.74 Å². The van der Waals surface area contributed by atoms with E-state index in [1.165, 1.54) is 19.2 Å². The molecule has 0 saturated heterocycles. The summed E-state index contributed by atoms with van der Waals surface area (Å²) in [6, 6.07) is 4.32. The first-order valence-corrected chi connectivity index (χ1v) is 5.31. The molecule has 0 saturated carbocycles. The molecule has 0 amide bonds. The first-order chi connectivity index (χ1) is 8.50. The van der Waals surface area contributed by atoms with Gasteiger partial charge in [-0.05, 0) is 12.1 Å². The molecule has 2 rings (SSSR count). The zero-order valence-corrected chi connectivity index (χ0v) is 9.65. The molecule has 0 spiro atoms. The lowest BCUT2D eigenvalue weighted by Crippen LogP contribution is -2.26. The molecule has 1 aromatic carbocycles. The Bertz CT molecular complexity index is 428. The van der Waals surface area contributed by atoms with Crippen LogP contribution in [0.1, 0.15) is 0 Å². The SMILES string of the molecule is COCC(O)CNc1ccc2c(c1)OC(F)(F)O2. The van der Waals surface area contributed by atoms with Gasteiger partial charge in [-0.2, -0.15) is 0 Å². The van der Waals surface area contributed by atoms with Crippen molar-refractivity contribution in [1.29, 1.82) is 0 Å². The highest BCUT2D eigenvalue weighted by molar-refractivity contribution is 5.55. The molecule has 0 bridgehead atoms. The summed E-state index contributed by atoms with van der Waals surface area (Å²) in [7, 11) is 1.48. The number of fused-ring (bicyclic) bond motifs is 1. The molecule has 100 valence electrons. The lowest BCUT2D eigenvalue weighted by molar-refractivity contribution is -0.286. The second kappa shape index (κ2) is 4.95. The Morgan fingerprint density at radius 3 is 2.83 bits per heavy atom. The van der Waals surface area contributed by atoms with Crippen LogP contribution in [0.25, 0.3) is 0 Å². The van der Waals surface area contributed by atoms with Gasteiger partial charge in [0.15, 0.2) is 11.5 Å². The molecule has 18 heavy (non-hydrogen) atoms. The van der Waals surface area contributed by atoms with Gasteiger partial charge in [-0.1, -0.05) is 0 Å². The first kappa shape index (κ1) is 12.8. The lowest BCUT2D eigenvalue weighted by atomic mass is 10.2. The summed E-state index contributed by atoms with van der Waals surface area (Å²) >= 11 is 0. The van der Waals surface area contributed by atoms with Gasteiger partial charge >= 0.3 is 6.29 Å². The van der Waals surface area contributed by atoms with E-state index in [9.17, 15) is 13.9 Å². The molecule has 2 N–H and O–H groups in total. The lowest BCUT2D eigenvalue weighted by Gasteiger charge is -2.11. The van der Waals surface area contributed by atoms with Gasteiger partial charge in [-0.3, -0.25) is 0 Å². The third-order valence-corrected chi connectivity index (χ3v) is 2.30. The van der Waals surface area contributed by atoms with Crippen LogP contribution < -0.4 is 14.8 Å². The third-order valence-electron chi connectivity index (χ3n) is 2.30. The van der Waals surface area contributed by atoms with Crippen LogP contribution >= 0.6 is 0 Å². The zero-order valence-electron chi connectivity index (χ0n) is 9.65. The molecular formula is C11H13F2NO4. The molecule has 1 aliphatic rings. The minimum Gasteiger partial charge on any atom is -0.395 e. The molecule has 1 aromatic rings. The van der Waals surface area contributed by atoms with E-state index in [1.54, 1.807) is 6.07 Å². The number of halogens is 2. The normalized spacial score (nSPS) is 17.6. The van der Waals surface area contributed by atoms with Gasteiger partial charge in [-0.25, -0.2) is 0 Å². The van der Waals surface area contributed by atoms with Gasteiger partial charge in [0.1, 0.15) is 0 Å². The average molecular weight is 261 g/mol. The van der Waals surface area contributed by atoms with Gasteiger partial charge < -0.3 is 24.6 Å². The summed E-state index contributed by atoms with van der Waals surface area (Å²) in [5.74, 6) is -0.0470. The number of aliphatic hydroxyl groups is 1. The summed E-state index contributed by atoms with van der Waals surface area (Å²) in [6.07, 6.45) is -4.29. The predicted octanol–water partition coefficient (Wildman–Crippen LogP) is 1.43. The van der Waals surface area contributed by atoms with Crippen molar-refractivity contribution < 1.29 is 28.1 Å². The Labute approximate surface area is 102 Å². The van der Waals surface area contributed by atoms with E-state index in [0.717, 1.165) is 0 Å². The van der Waals surface area contributed by atoms with Crippen molar-refractivity contribution in [2.75, 3.05) is 25.6 Å². The molecule has 1 aliphatic heterocycles. The van der Waals surface area contributed by atoms with E-state index in [0.29, 0.717) is 5.69 Å². The van der Waals surface area contributed by atoms with Crippen LogP contribution in [0.3, 0.4) is 0 Å². The van der Waals surface area contributed by atoms with E-state index >= 15 is 0 Å². The highest BCUT2D eigenvalue weighted by atomic mass is 19.3. The number of alkyl halides is 2. The topological polar surface area (TPSA) is 60.0 Å². The predicted molar refractivity (Wildman–Crippen MR) is 59.0 cm³/mol. The number of anilines is 1. The molecule has 7 heteroatoms. The van der Waals surface area contributed by atoms with Crippen molar-refractivity contribution in [3.05, 3.63) is 18.2 Å². The highest BCUT2D eigenvalue weighted by Crippen LogP contribution is 2.42. The van der Waals surface area contributed by atoms with Gasteiger partial charge in [0.05, 0.1) is 12.7 Å².